The maximum Gasteiger partial charge on any atom is 0.290 e. The molecule has 12 heteroatoms. The lowest BCUT2D eigenvalue weighted by Gasteiger charge is -2.25. The molecule has 1 aromatic carbocycles. The maximum atomic E-state index is 11.5. The standard InChI is InChI=1S/C12H13N3O6S3/c1-13(9-4-5-24(20,21)7-9)12(22)23-11-3-2-8(14(16)17)6-10(11)15(18)19/h2-3,6,9H,4-5,7H2,1H3/t9-/m0/s1. The van der Waals surface area contributed by atoms with Crippen molar-refractivity contribution < 1.29 is 18.3 Å². The van der Waals surface area contributed by atoms with Crippen LogP contribution in [0, 0.1) is 20.2 Å². The van der Waals surface area contributed by atoms with E-state index in [0.29, 0.717) is 6.42 Å². The Morgan fingerprint density at radius 3 is 2.50 bits per heavy atom. The zero-order valence-corrected chi connectivity index (χ0v) is 14.9. The molecule has 1 saturated heterocycles. The summed E-state index contributed by atoms with van der Waals surface area (Å²) in [5.41, 5.74) is -0.795. The Bertz CT molecular complexity index is 810. The highest BCUT2D eigenvalue weighted by molar-refractivity contribution is 8.23. The molecular weight excluding hydrogens is 378 g/mol. The van der Waals surface area contributed by atoms with Crippen LogP contribution >= 0.6 is 24.0 Å². The van der Waals surface area contributed by atoms with Gasteiger partial charge in [-0.05, 0) is 12.5 Å². The Morgan fingerprint density at radius 2 is 2.00 bits per heavy atom. The number of nitro groups is 2. The summed E-state index contributed by atoms with van der Waals surface area (Å²) in [6.07, 6.45) is 0.446. The van der Waals surface area contributed by atoms with Gasteiger partial charge >= 0.3 is 0 Å². The van der Waals surface area contributed by atoms with E-state index in [0.717, 1.165) is 23.9 Å². The molecule has 1 aromatic rings. The quantitative estimate of drug-likeness (QED) is 0.328. The van der Waals surface area contributed by atoms with Gasteiger partial charge < -0.3 is 4.90 Å². The summed E-state index contributed by atoms with van der Waals surface area (Å²) in [6.45, 7) is 0. The highest BCUT2D eigenvalue weighted by Gasteiger charge is 2.32. The number of thiocarbonyl (C=S) groups is 1. The topological polar surface area (TPSA) is 124 Å². The normalized spacial score (nSPS) is 19.0. The molecule has 0 bridgehead atoms. The Morgan fingerprint density at radius 1 is 1.33 bits per heavy atom. The average molecular weight is 391 g/mol. The molecule has 0 unspecified atom stereocenters. The van der Waals surface area contributed by atoms with Crippen LogP contribution in [-0.4, -0.2) is 52.1 Å². The van der Waals surface area contributed by atoms with Crippen LogP contribution in [0.2, 0.25) is 0 Å². The lowest BCUT2D eigenvalue weighted by molar-refractivity contribution is -0.396. The summed E-state index contributed by atoms with van der Waals surface area (Å²) in [6, 6.07) is 3.04. The highest BCUT2D eigenvalue weighted by Crippen LogP contribution is 2.34. The van der Waals surface area contributed by atoms with Crippen molar-refractivity contribution in [2.45, 2.75) is 17.4 Å². The van der Waals surface area contributed by atoms with Crippen LogP contribution in [0.1, 0.15) is 6.42 Å². The summed E-state index contributed by atoms with van der Waals surface area (Å²) < 4.78 is 23.4. The molecule has 0 amide bonds. The van der Waals surface area contributed by atoms with Gasteiger partial charge in [-0.2, -0.15) is 0 Å². The largest absolute Gasteiger partial charge is 0.356 e. The number of nitro benzene ring substituents is 2. The smallest absolute Gasteiger partial charge is 0.290 e. The molecular formula is C12H13N3O6S3. The third-order valence-electron chi connectivity index (χ3n) is 3.59. The maximum absolute atomic E-state index is 11.5. The molecule has 1 heterocycles. The van der Waals surface area contributed by atoms with E-state index in [-0.39, 0.29) is 32.5 Å². The molecule has 0 aliphatic carbocycles. The number of thioether (sulfide) groups is 1. The van der Waals surface area contributed by atoms with E-state index in [1.54, 1.807) is 11.9 Å². The van der Waals surface area contributed by atoms with Crippen LogP contribution in [0.4, 0.5) is 11.4 Å². The predicted octanol–water partition coefficient (Wildman–Crippen LogP) is 2.00. The molecule has 0 spiro atoms. The molecule has 0 radical (unpaired) electrons. The molecule has 0 saturated carbocycles. The number of sulfone groups is 1. The number of rotatable bonds is 4. The molecule has 130 valence electrons. The zero-order chi connectivity index (χ0) is 18.1. The van der Waals surface area contributed by atoms with Crippen molar-refractivity contribution in [3.8, 4) is 0 Å². The van der Waals surface area contributed by atoms with Crippen molar-refractivity contribution in [2.24, 2.45) is 0 Å². The van der Waals surface area contributed by atoms with Gasteiger partial charge in [-0.3, -0.25) is 20.2 Å². The lowest BCUT2D eigenvalue weighted by atomic mass is 10.2. The van der Waals surface area contributed by atoms with Crippen LogP contribution in [-0.2, 0) is 9.84 Å². The van der Waals surface area contributed by atoms with Gasteiger partial charge in [-0.15, -0.1) is 0 Å². The fourth-order valence-corrected chi connectivity index (χ4v) is 5.29. The van der Waals surface area contributed by atoms with E-state index in [9.17, 15) is 28.6 Å². The monoisotopic (exact) mass is 391 g/mol. The zero-order valence-electron chi connectivity index (χ0n) is 12.4. The first-order valence-electron chi connectivity index (χ1n) is 6.68. The van der Waals surface area contributed by atoms with Gasteiger partial charge in [0.05, 0.1) is 32.3 Å². The van der Waals surface area contributed by atoms with Gasteiger partial charge in [0.2, 0.25) is 0 Å². The van der Waals surface area contributed by atoms with E-state index >= 15 is 0 Å². The van der Waals surface area contributed by atoms with Crippen molar-refractivity contribution in [1.82, 2.24) is 4.90 Å². The summed E-state index contributed by atoms with van der Waals surface area (Å²) in [5.74, 6) is 0.0829. The van der Waals surface area contributed by atoms with E-state index in [4.69, 9.17) is 12.2 Å². The second-order valence-electron chi connectivity index (χ2n) is 5.20. The van der Waals surface area contributed by atoms with Gasteiger partial charge in [0.1, 0.15) is 4.32 Å². The number of benzene rings is 1. The van der Waals surface area contributed by atoms with Gasteiger partial charge in [0.25, 0.3) is 11.4 Å². The minimum atomic E-state index is -3.08. The van der Waals surface area contributed by atoms with E-state index in [2.05, 4.69) is 0 Å². The van der Waals surface area contributed by atoms with Crippen molar-refractivity contribution in [1.29, 1.82) is 0 Å². The second-order valence-corrected chi connectivity index (χ2v) is 9.11. The average Bonchev–Trinajstić information content (AvgIpc) is 2.86. The Hall–Kier alpha value is -1.79. The van der Waals surface area contributed by atoms with Crippen molar-refractivity contribution in [2.75, 3.05) is 18.6 Å². The minimum Gasteiger partial charge on any atom is -0.356 e. The van der Waals surface area contributed by atoms with Crippen LogP contribution in [0.15, 0.2) is 23.1 Å². The molecule has 1 aliphatic rings. The summed E-state index contributed by atoms with van der Waals surface area (Å²) in [5, 5.41) is 21.9. The first kappa shape index (κ1) is 18.5. The van der Waals surface area contributed by atoms with Gasteiger partial charge in [0, 0.05) is 19.2 Å². The molecule has 0 N–H and O–H groups in total. The molecule has 1 aliphatic heterocycles. The fraction of sp³-hybridized carbons (Fsp3) is 0.417. The molecule has 0 aromatic heterocycles. The fourth-order valence-electron chi connectivity index (χ4n) is 2.24. The lowest BCUT2D eigenvalue weighted by Crippen LogP contribution is -2.35. The van der Waals surface area contributed by atoms with Crippen molar-refractivity contribution >= 4 is 49.5 Å². The molecule has 1 atom stereocenters. The van der Waals surface area contributed by atoms with E-state index in [1.807, 2.05) is 0 Å². The van der Waals surface area contributed by atoms with Crippen LogP contribution in [0.3, 0.4) is 0 Å². The van der Waals surface area contributed by atoms with Crippen LogP contribution < -0.4 is 0 Å². The first-order valence-corrected chi connectivity index (χ1v) is 9.73. The van der Waals surface area contributed by atoms with Crippen LogP contribution in [0.25, 0.3) is 0 Å². The van der Waals surface area contributed by atoms with Crippen molar-refractivity contribution in [3.05, 3.63) is 38.4 Å². The number of non-ortho nitro benzene ring substituents is 1. The van der Waals surface area contributed by atoms with E-state index < -0.39 is 25.4 Å². The third kappa shape index (κ3) is 4.19. The molecule has 9 nitrogen and oxygen atoms in total. The Kier molecular flexibility index (Phi) is 5.40. The molecule has 1 fully saturated rings. The minimum absolute atomic E-state index is 0.00739. The van der Waals surface area contributed by atoms with Gasteiger partial charge in [-0.25, -0.2) is 8.42 Å². The predicted molar refractivity (Wildman–Crippen MR) is 93.0 cm³/mol. The Balaban J connectivity index is 2.19. The Labute approximate surface area is 147 Å². The third-order valence-corrected chi connectivity index (χ3v) is 6.91. The molecule has 2 rings (SSSR count). The summed E-state index contributed by atoms with van der Waals surface area (Å²) in [7, 11) is -1.44. The van der Waals surface area contributed by atoms with Crippen molar-refractivity contribution in [3.63, 3.8) is 0 Å². The summed E-state index contributed by atoms with van der Waals surface area (Å²) >= 11 is 6.15. The number of hydrogen-bond acceptors (Lipinski definition) is 8. The molecule has 24 heavy (non-hydrogen) atoms. The van der Waals surface area contributed by atoms with E-state index in [1.165, 1.54) is 6.07 Å². The SMILES string of the molecule is CN(C(=S)Sc1ccc([N+](=O)[O-])cc1[N+](=O)[O-])[C@H]1CCS(=O)(=O)C1. The highest BCUT2D eigenvalue weighted by atomic mass is 32.2. The first-order chi connectivity index (χ1) is 11.1. The number of nitrogens with zero attached hydrogens (tertiary/aromatic N) is 3. The second kappa shape index (κ2) is 6.99. The van der Waals surface area contributed by atoms with Gasteiger partial charge in [-0.1, -0.05) is 24.0 Å². The number of hydrogen-bond donors (Lipinski definition) is 0. The van der Waals surface area contributed by atoms with Crippen LogP contribution in [0.5, 0.6) is 0 Å². The van der Waals surface area contributed by atoms with Gasteiger partial charge in [0.15, 0.2) is 9.84 Å². The summed E-state index contributed by atoms with van der Waals surface area (Å²) in [4.78, 5) is 22.2.